The molecule has 0 radical (unpaired) electrons. The first-order valence-electron chi connectivity index (χ1n) is 10.1. The zero-order chi connectivity index (χ0) is 20.9. The molecule has 4 rings (SSSR count). The Morgan fingerprint density at radius 1 is 0.933 bits per heavy atom. The Hall–Kier alpha value is -3.31. The molecule has 0 saturated carbocycles. The van der Waals surface area contributed by atoms with E-state index in [-0.39, 0.29) is 5.91 Å². The van der Waals surface area contributed by atoms with Crippen molar-refractivity contribution in [3.63, 3.8) is 0 Å². The average Bonchev–Trinajstić information content (AvgIpc) is 2.79. The fourth-order valence-corrected chi connectivity index (χ4v) is 3.85. The van der Waals surface area contributed by atoms with E-state index in [4.69, 9.17) is 9.47 Å². The molecule has 0 aromatic heterocycles. The highest BCUT2D eigenvalue weighted by Gasteiger charge is 2.20. The van der Waals surface area contributed by atoms with Crippen molar-refractivity contribution in [2.75, 3.05) is 26.1 Å². The quantitative estimate of drug-likeness (QED) is 0.659. The standard InChI is InChI=1S/C25H26N2O3/c1-29-21-10-6-18(7-11-21)16-27-15-14-23-20(17-27)4-3-5-24(23)26-25(28)19-8-12-22(30-2)13-9-19/h3-13H,14-17H2,1-2H3,(H,26,28). The molecule has 3 aromatic rings. The maximum atomic E-state index is 12.7. The molecular formula is C25H26N2O3. The van der Waals surface area contributed by atoms with Gasteiger partial charge in [0, 0.05) is 30.9 Å². The molecule has 154 valence electrons. The van der Waals surface area contributed by atoms with E-state index in [1.807, 2.05) is 24.3 Å². The molecule has 1 heterocycles. The number of hydrogen-bond donors (Lipinski definition) is 1. The molecule has 5 heteroatoms. The van der Waals surface area contributed by atoms with Crippen LogP contribution >= 0.6 is 0 Å². The lowest BCUT2D eigenvalue weighted by Crippen LogP contribution is -2.30. The predicted octanol–water partition coefficient (Wildman–Crippen LogP) is 4.51. The minimum atomic E-state index is -0.105. The third kappa shape index (κ3) is 4.47. The molecule has 3 aromatic carbocycles. The summed E-state index contributed by atoms with van der Waals surface area (Å²) in [5.41, 5.74) is 5.28. The second-order valence-electron chi connectivity index (χ2n) is 7.43. The van der Waals surface area contributed by atoms with Crippen molar-refractivity contribution in [3.05, 3.63) is 89.0 Å². The molecule has 1 aliphatic rings. The largest absolute Gasteiger partial charge is 0.497 e. The molecule has 0 atom stereocenters. The molecule has 1 amide bonds. The van der Waals surface area contributed by atoms with Gasteiger partial charge in [-0.25, -0.2) is 0 Å². The SMILES string of the molecule is COc1ccc(CN2CCc3c(cccc3NC(=O)c3ccc(OC)cc3)C2)cc1. The van der Waals surface area contributed by atoms with E-state index in [9.17, 15) is 4.79 Å². The minimum Gasteiger partial charge on any atom is -0.497 e. The molecule has 1 N–H and O–H groups in total. The minimum absolute atomic E-state index is 0.105. The highest BCUT2D eigenvalue weighted by atomic mass is 16.5. The highest BCUT2D eigenvalue weighted by Crippen LogP contribution is 2.28. The van der Waals surface area contributed by atoms with E-state index in [0.717, 1.165) is 43.2 Å². The number of fused-ring (bicyclic) bond motifs is 1. The number of ether oxygens (including phenoxy) is 2. The first kappa shape index (κ1) is 20.0. The first-order valence-corrected chi connectivity index (χ1v) is 10.1. The average molecular weight is 402 g/mol. The maximum absolute atomic E-state index is 12.7. The molecule has 0 fully saturated rings. The lowest BCUT2D eigenvalue weighted by atomic mass is 9.97. The second kappa shape index (κ2) is 9.01. The Morgan fingerprint density at radius 3 is 2.27 bits per heavy atom. The summed E-state index contributed by atoms with van der Waals surface area (Å²) in [7, 11) is 3.30. The van der Waals surface area contributed by atoms with Gasteiger partial charge in [0.25, 0.3) is 5.91 Å². The molecule has 5 nitrogen and oxygen atoms in total. The van der Waals surface area contributed by atoms with Gasteiger partial charge in [0.05, 0.1) is 14.2 Å². The molecule has 0 aliphatic carbocycles. The zero-order valence-corrected chi connectivity index (χ0v) is 17.4. The summed E-state index contributed by atoms with van der Waals surface area (Å²) < 4.78 is 10.4. The maximum Gasteiger partial charge on any atom is 0.255 e. The third-order valence-corrected chi connectivity index (χ3v) is 5.51. The van der Waals surface area contributed by atoms with Gasteiger partial charge in [-0.1, -0.05) is 24.3 Å². The second-order valence-corrected chi connectivity index (χ2v) is 7.43. The summed E-state index contributed by atoms with van der Waals surface area (Å²) >= 11 is 0. The van der Waals surface area contributed by atoms with Gasteiger partial charge in [-0.05, 0) is 65.6 Å². The summed E-state index contributed by atoms with van der Waals surface area (Å²) in [5, 5.41) is 3.09. The smallest absolute Gasteiger partial charge is 0.255 e. The lowest BCUT2D eigenvalue weighted by Gasteiger charge is -2.30. The van der Waals surface area contributed by atoms with Gasteiger partial charge in [-0.3, -0.25) is 9.69 Å². The normalized spacial score (nSPS) is 13.4. The van der Waals surface area contributed by atoms with Crippen molar-refractivity contribution in [1.82, 2.24) is 4.90 Å². The molecule has 0 unspecified atom stereocenters. The van der Waals surface area contributed by atoms with Crippen molar-refractivity contribution < 1.29 is 14.3 Å². The summed E-state index contributed by atoms with van der Waals surface area (Å²) in [6, 6.07) is 21.5. The van der Waals surface area contributed by atoms with E-state index in [0.29, 0.717) is 5.56 Å². The van der Waals surface area contributed by atoms with Crippen LogP contribution in [0.15, 0.2) is 66.7 Å². The number of nitrogens with zero attached hydrogens (tertiary/aromatic N) is 1. The van der Waals surface area contributed by atoms with Crippen LogP contribution in [0.25, 0.3) is 0 Å². The van der Waals surface area contributed by atoms with Gasteiger partial charge in [0.1, 0.15) is 11.5 Å². The van der Waals surface area contributed by atoms with Gasteiger partial charge in [0.15, 0.2) is 0 Å². The number of hydrogen-bond acceptors (Lipinski definition) is 4. The van der Waals surface area contributed by atoms with Crippen molar-refractivity contribution >= 4 is 11.6 Å². The zero-order valence-electron chi connectivity index (χ0n) is 17.4. The van der Waals surface area contributed by atoms with Gasteiger partial charge in [-0.15, -0.1) is 0 Å². The Morgan fingerprint density at radius 2 is 1.60 bits per heavy atom. The fraction of sp³-hybridized carbons (Fsp3) is 0.240. The van der Waals surface area contributed by atoms with Crippen LogP contribution in [0.5, 0.6) is 11.5 Å². The van der Waals surface area contributed by atoms with Crippen molar-refractivity contribution in [1.29, 1.82) is 0 Å². The summed E-state index contributed by atoms with van der Waals surface area (Å²) in [4.78, 5) is 15.1. The predicted molar refractivity (Wildman–Crippen MR) is 118 cm³/mol. The van der Waals surface area contributed by atoms with Crippen LogP contribution in [-0.4, -0.2) is 31.6 Å². The van der Waals surface area contributed by atoms with Gasteiger partial charge < -0.3 is 14.8 Å². The van der Waals surface area contributed by atoms with Crippen molar-refractivity contribution in [2.45, 2.75) is 19.5 Å². The third-order valence-electron chi connectivity index (χ3n) is 5.51. The summed E-state index contributed by atoms with van der Waals surface area (Å²) in [5.74, 6) is 1.51. The van der Waals surface area contributed by atoms with E-state index in [1.165, 1.54) is 16.7 Å². The Labute approximate surface area is 177 Å². The van der Waals surface area contributed by atoms with E-state index >= 15 is 0 Å². The summed E-state index contributed by atoms with van der Waals surface area (Å²) in [6.07, 6.45) is 0.907. The lowest BCUT2D eigenvalue weighted by molar-refractivity contribution is 0.102. The van der Waals surface area contributed by atoms with E-state index in [1.54, 1.807) is 38.5 Å². The topological polar surface area (TPSA) is 50.8 Å². The Kier molecular flexibility index (Phi) is 6.00. The number of nitrogens with one attached hydrogen (secondary N) is 1. The molecule has 30 heavy (non-hydrogen) atoms. The number of carbonyl (C=O) groups excluding carboxylic acids is 1. The number of methoxy groups -OCH3 is 2. The molecule has 0 saturated heterocycles. The van der Waals surface area contributed by atoms with Crippen LogP contribution in [0.1, 0.15) is 27.0 Å². The van der Waals surface area contributed by atoms with Crippen LogP contribution < -0.4 is 14.8 Å². The number of rotatable bonds is 6. The van der Waals surface area contributed by atoms with Crippen LogP contribution in [0.2, 0.25) is 0 Å². The van der Waals surface area contributed by atoms with Crippen LogP contribution in [0.4, 0.5) is 5.69 Å². The van der Waals surface area contributed by atoms with Crippen LogP contribution in [-0.2, 0) is 19.5 Å². The molecular weight excluding hydrogens is 376 g/mol. The Bertz CT molecular complexity index is 1010. The highest BCUT2D eigenvalue weighted by molar-refractivity contribution is 6.04. The monoisotopic (exact) mass is 402 g/mol. The fourth-order valence-electron chi connectivity index (χ4n) is 3.85. The number of benzene rings is 3. The molecule has 0 spiro atoms. The van der Waals surface area contributed by atoms with Crippen LogP contribution in [0.3, 0.4) is 0 Å². The Balaban J connectivity index is 1.44. The van der Waals surface area contributed by atoms with Crippen LogP contribution in [0, 0.1) is 0 Å². The molecule has 1 aliphatic heterocycles. The van der Waals surface area contributed by atoms with Crippen molar-refractivity contribution in [2.24, 2.45) is 0 Å². The number of carbonyl (C=O) groups is 1. The van der Waals surface area contributed by atoms with Crippen molar-refractivity contribution in [3.8, 4) is 11.5 Å². The van der Waals surface area contributed by atoms with Gasteiger partial charge in [0.2, 0.25) is 0 Å². The van der Waals surface area contributed by atoms with Gasteiger partial charge >= 0.3 is 0 Å². The first-order chi connectivity index (χ1) is 14.7. The van der Waals surface area contributed by atoms with Gasteiger partial charge in [-0.2, -0.15) is 0 Å². The number of amides is 1. The summed E-state index contributed by atoms with van der Waals surface area (Å²) in [6.45, 7) is 2.72. The number of anilines is 1. The van der Waals surface area contributed by atoms with E-state index < -0.39 is 0 Å². The molecule has 0 bridgehead atoms. The van der Waals surface area contributed by atoms with E-state index in [2.05, 4.69) is 28.4 Å².